The van der Waals surface area contributed by atoms with E-state index in [1.54, 1.807) is 0 Å². The Morgan fingerprint density at radius 1 is 0.549 bits per heavy atom. The molecule has 3 N–H and O–H groups in total. The molecule has 3 atom stereocenters. The topological polar surface area (TPSA) is 95.9 Å². The normalized spacial score (nSPS) is 13.4. The van der Waals surface area contributed by atoms with Gasteiger partial charge in [0.25, 0.3) is 0 Å². The summed E-state index contributed by atoms with van der Waals surface area (Å²) in [5.74, 6) is -0.488. The number of nitrogens with one attached hydrogen (secondary N) is 1. The Bertz CT molecular complexity index is 772. The summed E-state index contributed by atoms with van der Waals surface area (Å²) in [6, 6.07) is -0.695. The minimum absolute atomic E-state index is 0.0767. The Balaban J connectivity index is 4.51. The molecule has 0 saturated heterocycles. The Kier molecular flexibility index (Phi) is 38.7. The summed E-state index contributed by atoms with van der Waals surface area (Å²) in [5, 5.41) is 23.6. The highest BCUT2D eigenvalue weighted by atomic mass is 16.5. The highest BCUT2D eigenvalue weighted by Crippen LogP contribution is 2.17. The van der Waals surface area contributed by atoms with E-state index in [2.05, 4.69) is 38.2 Å². The van der Waals surface area contributed by atoms with Crippen LogP contribution in [0.1, 0.15) is 239 Å². The Labute approximate surface area is 317 Å². The van der Waals surface area contributed by atoms with Crippen molar-refractivity contribution < 1.29 is 24.5 Å². The molecule has 3 unspecified atom stereocenters. The van der Waals surface area contributed by atoms with Crippen LogP contribution in [0.25, 0.3) is 0 Å². The quantitative estimate of drug-likeness (QED) is 0.0332. The smallest absolute Gasteiger partial charge is 0.306 e. The number of amides is 1. The van der Waals surface area contributed by atoms with Crippen molar-refractivity contribution in [1.82, 2.24) is 5.32 Å². The Morgan fingerprint density at radius 2 is 0.941 bits per heavy atom. The van der Waals surface area contributed by atoms with Crippen LogP contribution in [-0.4, -0.2) is 46.9 Å². The molecule has 0 aliphatic carbocycles. The lowest BCUT2D eigenvalue weighted by Gasteiger charge is -2.24. The SMILES string of the molecule is CCCCCCCC/C=C\CCCCCC(=O)OC(CCCCCCCCCC)CC(=O)NC(CO)C(O)CCCCCCCCCCCCC. The molecule has 0 heterocycles. The van der Waals surface area contributed by atoms with E-state index < -0.39 is 18.2 Å². The number of hydrogen-bond donors (Lipinski definition) is 3. The summed E-state index contributed by atoms with van der Waals surface area (Å²) >= 11 is 0. The molecule has 0 aromatic rings. The van der Waals surface area contributed by atoms with Crippen LogP contribution in [0.4, 0.5) is 0 Å². The third-order valence-electron chi connectivity index (χ3n) is 10.3. The molecule has 0 rings (SSSR count). The minimum Gasteiger partial charge on any atom is -0.462 e. The summed E-state index contributed by atoms with van der Waals surface area (Å²) < 4.78 is 5.87. The monoisotopic (exact) mass is 722 g/mol. The number of carbonyl (C=O) groups excluding carboxylic acids is 2. The highest BCUT2D eigenvalue weighted by Gasteiger charge is 2.24. The van der Waals surface area contributed by atoms with Gasteiger partial charge in [0, 0.05) is 6.42 Å². The van der Waals surface area contributed by atoms with E-state index in [4.69, 9.17) is 4.74 Å². The third-order valence-corrected chi connectivity index (χ3v) is 10.3. The number of aliphatic hydroxyl groups excluding tert-OH is 2. The molecule has 0 spiro atoms. The van der Waals surface area contributed by atoms with Crippen molar-refractivity contribution in [2.24, 2.45) is 0 Å². The van der Waals surface area contributed by atoms with Crippen molar-refractivity contribution in [3.8, 4) is 0 Å². The number of rotatable bonds is 40. The van der Waals surface area contributed by atoms with Crippen LogP contribution in [0.2, 0.25) is 0 Å². The maximum Gasteiger partial charge on any atom is 0.306 e. The van der Waals surface area contributed by atoms with Crippen LogP contribution >= 0.6 is 0 Å². The molecule has 0 aliphatic heterocycles. The van der Waals surface area contributed by atoms with Crippen molar-refractivity contribution in [3.05, 3.63) is 12.2 Å². The molecular formula is C45H87NO5. The second-order valence-electron chi connectivity index (χ2n) is 15.5. The fourth-order valence-electron chi connectivity index (χ4n) is 6.89. The van der Waals surface area contributed by atoms with Crippen LogP contribution in [0, 0.1) is 0 Å². The van der Waals surface area contributed by atoms with Crippen LogP contribution in [0.15, 0.2) is 12.2 Å². The lowest BCUT2D eigenvalue weighted by atomic mass is 10.0. The summed E-state index contributed by atoms with van der Waals surface area (Å²) in [4.78, 5) is 25.9. The average molecular weight is 722 g/mol. The van der Waals surface area contributed by atoms with Crippen molar-refractivity contribution in [3.63, 3.8) is 0 Å². The first kappa shape index (κ1) is 49.6. The Morgan fingerprint density at radius 3 is 1.39 bits per heavy atom. The summed E-state index contributed by atoms with van der Waals surface area (Å²) in [6.07, 6.45) is 41.3. The molecule has 6 heteroatoms. The maximum absolute atomic E-state index is 13.1. The zero-order chi connectivity index (χ0) is 37.5. The van der Waals surface area contributed by atoms with Gasteiger partial charge in [0.2, 0.25) is 5.91 Å². The molecule has 0 fully saturated rings. The molecule has 302 valence electrons. The van der Waals surface area contributed by atoms with Gasteiger partial charge in [-0.1, -0.05) is 187 Å². The lowest BCUT2D eigenvalue weighted by Crippen LogP contribution is -2.46. The predicted molar refractivity (Wildman–Crippen MR) is 218 cm³/mol. The van der Waals surface area contributed by atoms with Gasteiger partial charge in [-0.15, -0.1) is 0 Å². The molecule has 1 amide bonds. The van der Waals surface area contributed by atoms with Crippen molar-refractivity contribution in [1.29, 1.82) is 0 Å². The first-order chi connectivity index (χ1) is 25.0. The zero-order valence-electron chi connectivity index (χ0n) is 34.3. The molecule has 51 heavy (non-hydrogen) atoms. The first-order valence-corrected chi connectivity index (χ1v) is 22.4. The van der Waals surface area contributed by atoms with E-state index in [9.17, 15) is 19.8 Å². The average Bonchev–Trinajstić information content (AvgIpc) is 3.12. The third kappa shape index (κ3) is 35.4. The van der Waals surface area contributed by atoms with Gasteiger partial charge in [-0.05, 0) is 51.4 Å². The second kappa shape index (κ2) is 39.8. The molecule has 0 aliphatic rings. The number of carbonyl (C=O) groups is 2. The standard InChI is InChI=1S/C45H87NO5/c1-4-7-10-13-16-19-21-22-24-26-29-32-35-38-45(50)51-41(36-33-30-27-18-15-12-9-6-3)39-44(49)46-42(40-47)43(48)37-34-31-28-25-23-20-17-14-11-8-5-2/h22,24,41-43,47-48H,4-21,23,25-40H2,1-3H3,(H,46,49)/b24-22-. The van der Waals surface area contributed by atoms with Gasteiger partial charge in [0.05, 0.1) is 25.2 Å². The number of allylic oxidation sites excluding steroid dienone is 2. The highest BCUT2D eigenvalue weighted by molar-refractivity contribution is 5.77. The number of ether oxygens (including phenoxy) is 1. The number of esters is 1. The van der Waals surface area contributed by atoms with Crippen LogP contribution in [-0.2, 0) is 14.3 Å². The van der Waals surface area contributed by atoms with Gasteiger partial charge in [-0.25, -0.2) is 0 Å². The Hall–Kier alpha value is -1.40. The molecular weight excluding hydrogens is 634 g/mol. The van der Waals surface area contributed by atoms with E-state index in [-0.39, 0.29) is 24.9 Å². The second-order valence-corrected chi connectivity index (χ2v) is 15.5. The fraction of sp³-hybridized carbons (Fsp3) is 0.911. The number of unbranched alkanes of at least 4 members (excludes halogenated alkanes) is 26. The van der Waals surface area contributed by atoms with E-state index in [1.807, 2.05) is 0 Å². The fourth-order valence-corrected chi connectivity index (χ4v) is 6.89. The largest absolute Gasteiger partial charge is 0.462 e. The number of hydrogen-bond acceptors (Lipinski definition) is 5. The van der Waals surface area contributed by atoms with E-state index in [0.29, 0.717) is 19.3 Å². The van der Waals surface area contributed by atoms with E-state index >= 15 is 0 Å². The summed E-state index contributed by atoms with van der Waals surface area (Å²) in [5.41, 5.74) is 0. The predicted octanol–water partition coefficient (Wildman–Crippen LogP) is 12.6. The van der Waals surface area contributed by atoms with E-state index in [1.165, 1.54) is 141 Å². The van der Waals surface area contributed by atoms with Gasteiger partial charge in [-0.3, -0.25) is 9.59 Å². The van der Waals surface area contributed by atoms with Crippen LogP contribution < -0.4 is 5.32 Å². The molecule has 0 saturated carbocycles. The van der Waals surface area contributed by atoms with Gasteiger partial charge in [-0.2, -0.15) is 0 Å². The van der Waals surface area contributed by atoms with Gasteiger partial charge in [0.15, 0.2) is 0 Å². The molecule has 0 radical (unpaired) electrons. The summed E-state index contributed by atoms with van der Waals surface area (Å²) in [7, 11) is 0. The zero-order valence-corrected chi connectivity index (χ0v) is 34.3. The van der Waals surface area contributed by atoms with Crippen molar-refractivity contribution >= 4 is 11.9 Å². The lowest BCUT2D eigenvalue weighted by molar-refractivity contribution is -0.151. The van der Waals surface area contributed by atoms with Gasteiger partial charge >= 0.3 is 5.97 Å². The van der Waals surface area contributed by atoms with Crippen LogP contribution in [0.5, 0.6) is 0 Å². The van der Waals surface area contributed by atoms with Gasteiger partial charge < -0.3 is 20.3 Å². The molecule has 0 aromatic carbocycles. The minimum atomic E-state index is -0.781. The number of aliphatic hydroxyl groups is 2. The first-order valence-electron chi connectivity index (χ1n) is 22.4. The molecule has 6 nitrogen and oxygen atoms in total. The van der Waals surface area contributed by atoms with Crippen molar-refractivity contribution in [2.75, 3.05) is 6.61 Å². The summed E-state index contributed by atoms with van der Waals surface area (Å²) in [6.45, 7) is 6.44. The molecule has 0 aromatic heterocycles. The van der Waals surface area contributed by atoms with Crippen LogP contribution in [0.3, 0.4) is 0 Å². The molecule has 0 bridgehead atoms. The van der Waals surface area contributed by atoms with E-state index in [0.717, 1.165) is 51.4 Å². The van der Waals surface area contributed by atoms with Gasteiger partial charge in [0.1, 0.15) is 6.10 Å². The van der Waals surface area contributed by atoms with Crippen molar-refractivity contribution in [2.45, 2.75) is 257 Å². The maximum atomic E-state index is 13.1.